The highest BCUT2D eigenvalue weighted by Crippen LogP contribution is 2.18. The van der Waals surface area contributed by atoms with E-state index in [1.54, 1.807) is 0 Å². The highest BCUT2D eigenvalue weighted by molar-refractivity contribution is 5.81. The molecule has 2 N–H and O–H groups in total. The molecule has 3 atom stereocenters. The molecular formula is C13H26N2O2. The van der Waals surface area contributed by atoms with E-state index in [0.717, 1.165) is 25.9 Å². The van der Waals surface area contributed by atoms with Crippen LogP contribution in [0.3, 0.4) is 0 Å². The van der Waals surface area contributed by atoms with E-state index in [9.17, 15) is 4.79 Å². The number of hydrogen-bond acceptors (Lipinski definition) is 3. The fourth-order valence-corrected chi connectivity index (χ4v) is 2.24. The van der Waals surface area contributed by atoms with Gasteiger partial charge in [-0.2, -0.15) is 0 Å². The van der Waals surface area contributed by atoms with Crippen LogP contribution < -0.4 is 10.6 Å². The monoisotopic (exact) mass is 242 g/mol. The van der Waals surface area contributed by atoms with Gasteiger partial charge in [0.15, 0.2) is 0 Å². The summed E-state index contributed by atoms with van der Waals surface area (Å²) >= 11 is 0. The molecule has 1 saturated heterocycles. The van der Waals surface area contributed by atoms with Crippen LogP contribution in [0.15, 0.2) is 0 Å². The first kappa shape index (κ1) is 14.5. The Morgan fingerprint density at radius 1 is 1.47 bits per heavy atom. The minimum absolute atomic E-state index is 0.0508. The van der Waals surface area contributed by atoms with Gasteiger partial charge in [0.2, 0.25) is 5.91 Å². The number of hydrogen-bond donors (Lipinski definition) is 2. The maximum absolute atomic E-state index is 11.9. The number of amides is 1. The van der Waals surface area contributed by atoms with E-state index in [0.29, 0.717) is 6.61 Å². The molecule has 0 spiro atoms. The zero-order chi connectivity index (χ0) is 12.9. The Morgan fingerprint density at radius 3 is 2.71 bits per heavy atom. The molecule has 0 aromatic carbocycles. The smallest absolute Gasteiger partial charge is 0.237 e. The van der Waals surface area contributed by atoms with Crippen LogP contribution in [-0.2, 0) is 9.53 Å². The van der Waals surface area contributed by atoms with Crippen molar-refractivity contribution in [3.8, 4) is 0 Å². The van der Waals surface area contributed by atoms with E-state index in [1.807, 2.05) is 6.92 Å². The molecular weight excluding hydrogens is 216 g/mol. The highest BCUT2D eigenvalue weighted by Gasteiger charge is 2.32. The molecule has 0 aromatic heterocycles. The van der Waals surface area contributed by atoms with Gasteiger partial charge in [-0.3, -0.25) is 10.1 Å². The molecule has 1 aliphatic rings. The number of ether oxygens (including phenoxy) is 1. The predicted molar refractivity (Wildman–Crippen MR) is 69.0 cm³/mol. The van der Waals surface area contributed by atoms with Crippen molar-refractivity contribution in [2.24, 2.45) is 0 Å². The molecule has 0 aliphatic carbocycles. The summed E-state index contributed by atoms with van der Waals surface area (Å²) in [5.41, 5.74) is -0.0508. The third-order valence-electron chi connectivity index (χ3n) is 3.29. The maximum atomic E-state index is 11.9. The quantitative estimate of drug-likeness (QED) is 0.741. The topological polar surface area (TPSA) is 50.4 Å². The molecule has 1 amide bonds. The number of rotatable bonds is 6. The van der Waals surface area contributed by atoms with Gasteiger partial charge in [-0.25, -0.2) is 0 Å². The van der Waals surface area contributed by atoms with Crippen LogP contribution >= 0.6 is 0 Å². The Hall–Kier alpha value is -0.610. The van der Waals surface area contributed by atoms with Crippen LogP contribution in [0.2, 0.25) is 0 Å². The molecule has 4 heteroatoms. The molecule has 4 nitrogen and oxygen atoms in total. The second-order valence-corrected chi connectivity index (χ2v) is 5.43. The van der Waals surface area contributed by atoms with Crippen LogP contribution in [-0.4, -0.2) is 36.7 Å². The van der Waals surface area contributed by atoms with Gasteiger partial charge < -0.3 is 10.1 Å². The summed E-state index contributed by atoms with van der Waals surface area (Å²) in [7, 11) is 0. The Bertz CT molecular complexity index is 250. The average molecular weight is 242 g/mol. The molecule has 0 radical (unpaired) electrons. The lowest BCUT2D eigenvalue weighted by Gasteiger charge is -2.28. The van der Waals surface area contributed by atoms with Crippen molar-refractivity contribution in [1.29, 1.82) is 0 Å². The first-order valence-corrected chi connectivity index (χ1v) is 6.62. The molecule has 100 valence electrons. The zero-order valence-electron chi connectivity index (χ0n) is 11.5. The van der Waals surface area contributed by atoms with Crippen molar-refractivity contribution in [2.45, 2.75) is 64.6 Å². The lowest BCUT2D eigenvalue weighted by Crippen LogP contribution is -2.54. The van der Waals surface area contributed by atoms with Gasteiger partial charge in [0.25, 0.3) is 0 Å². The van der Waals surface area contributed by atoms with Gasteiger partial charge in [-0.1, -0.05) is 13.3 Å². The van der Waals surface area contributed by atoms with Crippen molar-refractivity contribution in [2.75, 3.05) is 13.2 Å². The first-order valence-electron chi connectivity index (χ1n) is 6.62. The summed E-state index contributed by atoms with van der Waals surface area (Å²) < 4.78 is 5.37. The normalized spacial score (nSPS) is 27.8. The summed E-state index contributed by atoms with van der Waals surface area (Å²) in [5.74, 6) is 0.0825. The number of carbonyl (C=O) groups excluding carboxylic acids is 1. The van der Waals surface area contributed by atoms with Gasteiger partial charge in [0, 0.05) is 18.2 Å². The van der Waals surface area contributed by atoms with E-state index < -0.39 is 0 Å². The molecule has 1 rings (SSSR count). The minimum atomic E-state index is -0.166. The third kappa shape index (κ3) is 4.64. The largest absolute Gasteiger partial charge is 0.379 e. The van der Waals surface area contributed by atoms with Crippen LogP contribution in [0.5, 0.6) is 0 Å². The van der Waals surface area contributed by atoms with E-state index in [-0.39, 0.29) is 23.5 Å². The lowest BCUT2D eigenvalue weighted by atomic mass is 10.0. The SMILES string of the molecule is CCCC(C)NC(=O)C(C)NC1(C)CCOC1. The second kappa shape index (κ2) is 6.36. The fraction of sp³-hybridized carbons (Fsp3) is 0.923. The van der Waals surface area contributed by atoms with Gasteiger partial charge in [-0.05, 0) is 33.6 Å². The van der Waals surface area contributed by atoms with Crippen LogP contribution in [0, 0.1) is 0 Å². The van der Waals surface area contributed by atoms with E-state index >= 15 is 0 Å². The van der Waals surface area contributed by atoms with Crippen molar-refractivity contribution in [3.05, 3.63) is 0 Å². The van der Waals surface area contributed by atoms with E-state index in [2.05, 4.69) is 31.4 Å². The van der Waals surface area contributed by atoms with Crippen molar-refractivity contribution in [1.82, 2.24) is 10.6 Å². The second-order valence-electron chi connectivity index (χ2n) is 5.43. The van der Waals surface area contributed by atoms with Crippen molar-refractivity contribution in [3.63, 3.8) is 0 Å². The molecule has 1 aliphatic heterocycles. The zero-order valence-corrected chi connectivity index (χ0v) is 11.5. The predicted octanol–water partition coefficient (Wildman–Crippen LogP) is 1.45. The molecule has 1 heterocycles. The van der Waals surface area contributed by atoms with Crippen molar-refractivity contribution < 1.29 is 9.53 Å². The van der Waals surface area contributed by atoms with Crippen LogP contribution in [0.25, 0.3) is 0 Å². The van der Waals surface area contributed by atoms with Gasteiger partial charge >= 0.3 is 0 Å². The van der Waals surface area contributed by atoms with Gasteiger partial charge in [-0.15, -0.1) is 0 Å². The molecule has 0 aromatic rings. The molecule has 0 bridgehead atoms. The Morgan fingerprint density at radius 2 is 2.18 bits per heavy atom. The Labute approximate surface area is 104 Å². The standard InChI is InChI=1S/C13H26N2O2/c1-5-6-10(2)14-12(16)11(3)15-13(4)7-8-17-9-13/h10-11,15H,5-9H2,1-4H3,(H,14,16). The lowest BCUT2D eigenvalue weighted by molar-refractivity contribution is -0.123. The Balaban J connectivity index is 2.36. The maximum Gasteiger partial charge on any atom is 0.237 e. The average Bonchev–Trinajstić information content (AvgIpc) is 2.65. The number of carbonyl (C=O) groups is 1. The first-order chi connectivity index (χ1) is 7.97. The van der Waals surface area contributed by atoms with Crippen molar-refractivity contribution >= 4 is 5.91 Å². The summed E-state index contributed by atoms with van der Waals surface area (Å²) in [6.45, 7) is 9.67. The minimum Gasteiger partial charge on any atom is -0.379 e. The molecule has 1 fully saturated rings. The summed E-state index contributed by atoms with van der Waals surface area (Å²) in [5, 5.41) is 6.39. The summed E-state index contributed by atoms with van der Waals surface area (Å²) in [6, 6.07) is 0.0883. The summed E-state index contributed by atoms with van der Waals surface area (Å²) in [4.78, 5) is 11.9. The third-order valence-corrected chi connectivity index (χ3v) is 3.29. The fourth-order valence-electron chi connectivity index (χ4n) is 2.24. The van der Waals surface area contributed by atoms with Gasteiger partial charge in [0.05, 0.1) is 12.6 Å². The molecule has 0 saturated carbocycles. The van der Waals surface area contributed by atoms with E-state index in [1.165, 1.54) is 0 Å². The van der Waals surface area contributed by atoms with E-state index in [4.69, 9.17) is 4.74 Å². The van der Waals surface area contributed by atoms with Gasteiger partial charge in [0.1, 0.15) is 0 Å². The van der Waals surface area contributed by atoms with Crippen LogP contribution in [0.4, 0.5) is 0 Å². The molecule has 3 unspecified atom stereocenters. The Kier molecular flexibility index (Phi) is 5.40. The molecule has 17 heavy (non-hydrogen) atoms. The number of nitrogens with one attached hydrogen (secondary N) is 2. The van der Waals surface area contributed by atoms with Crippen LogP contribution in [0.1, 0.15) is 47.0 Å². The highest BCUT2D eigenvalue weighted by atomic mass is 16.5. The summed E-state index contributed by atoms with van der Waals surface area (Å²) in [6.07, 6.45) is 3.09.